The Kier molecular flexibility index (Phi) is 2.55. The van der Waals surface area contributed by atoms with Gasteiger partial charge in [-0.3, -0.25) is 0 Å². The van der Waals surface area contributed by atoms with Gasteiger partial charge in [-0.2, -0.15) is 0 Å². The molecule has 0 saturated carbocycles. The second kappa shape index (κ2) is 3.88. The number of halogens is 2. The minimum atomic E-state index is -1.14. The molecule has 1 aromatic carbocycles. The fourth-order valence-corrected chi connectivity index (χ4v) is 1.36. The van der Waals surface area contributed by atoms with E-state index in [4.69, 9.17) is 5.11 Å². The van der Waals surface area contributed by atoms with Gasteiger partial charge < -0.3 is 9.94 Å². The molecule has 0 aliphatic carbocycles. The van der Waals surface area contributed by atoms with Crippen LogP contribution in [0.5, 0.6) is 0 Å². The van der Waals surface area contributed by atoms with E-state index in [-0.39, 0.29) is 6.42 Å². The first-order valence-electron chi connectivity index (χ1n) is 4.49. The minimum Gasteiger partial charge on any atom is -0.478 e. The predicted octanol–water partition coefficient (Wildman–Crippen LogP) is 1.54. The molecule has 6 heteroatoms. The molecule has 16 heavy (non-hydrogen) atoms. The van der Waals surface area contributed by atoms with Crippen molar-refractivity contribution in [3.8, 4) is 0 Å². The van der Waals surface area contributed by atoms with Crippen molar-refractivity contribution in [3.63, 3.8) is 0 Å². The highest BCUT2D eigenvalue weighted by atomic mass is 19.2. The van der Waals surface area contributed by atoms with Gasteiger partial charge in [-0.15, -0.1) is 0 Å². The summed E-state index contributed by atoms with van der Waals surface area (Å²) in [6.45, 7) is 0. The molecular formula is C10H7F2NO3. The average Bonchev–Trinajstić information content (AvgIpc) is 2.71. The summed E-state index contributed by atoms with van der Waals surface area (Å²) in [5.41, 5.74) is 0.619. The van der Waals surface area contributed by atoms with Crippen LogP contribution in [0.4, 0.5) is 8.78 Å². The Balaban J connectivity index is 2.21. The Labute approximate surface area is 89.1 Å². The van der Waals surface area contributed by atoms with Crippen LogP contribution in [0.25, 0.3) is 0 Å². The van der Waals surface area contributed by atoms with Crippen LogP contribution in [0, 0.1) is 11.6 Å². The normalized spacial score (nSPS) is 19.1. The quantitative estimate of drug-likeness (QED) is 0.833. The van der Waals surface area contributed by atoms with Gasteiger partial charge in [-0.1, -0.05) is 5.16 Å². The molecule has 0 spiro atoms. The van der Waals surface area contributed by atoms with Gasteiger partial charge in [0.25, 0.3) is 0 Å². The van der Waals surface area contributed by atoms with Crippen molar-refractivity contribution in [1.82, 2.24) is 0 Å². The maximum atomic E-state index is 12.9. The van der Waals surface area contributed by atoms with Gasteiger partial charge in [0.15, 0.2) is 11.6 Å². The van der Waals surface area contributed by atoms with Crippen molar-refractivity contribution >= 4 is 11.7 Å². The second-order valence-corrected chi connectivity index (χ2v) is 3.30. The third-order valence-corrected chi connectivity index (χ3v) is 2.20. The lowest BCUT2D eigenvalue weighted by Gasteiger charge is -2.00. The molecule has 1 unspecified atom stereocenters. The molecule has 0 radical (unpaired) electrons. The molecule has 0 aromatic heterocycles. The van der Waals surface area contributed by atoms with Crippen molar-refractivity contribution in [3.05, 3.63) is 35.4 Å². The number of carboxylic acid groups (broad SMARTS) is 1. The lowest BCUT2D eigenvalue weighted by molar-refractivity contribution is -0.148. The standard InChI is InChI=1S/C10H7F2NO3/c11-6-2-1-5(3-7(6)12)8-4-9(10(14)15)16-13-8/h1-3,9H,4H2,(H,14,15). The van der Waals surface area contributed by atoms with Crippen molar-refractivity contribution in [2.24, 2.45) is 5.16 Å². The smallest absolute Gasteiger partial charge is 0.348 e. The first kappa shape index (κ1) is 10.5. The fraction of sp³-hybridized carbons (Fsp3) is 0.200. The van der Waals surface area contributed by atoms with E-state index in [1.807, 2.05) is 0 Å². The Hall–Kier alpha value is -1.98. The molecule has 0 fully saturated rings. The summed E-state index contributed by atoms with van der Waals surface area (Å²) >= 11 is 0. The van der Waals surface area contributed by atoms with E-state index >= 15 is 0 Å². The second-order valence-electron chi connectivity index (χ2n) is 3.30. The molecule has 2 rings (SSSR count). The maximum absolute atomic E-state index is 12.9. The van der Waals surface area contributed by atoms with Gasteiger partial charge in [0, 0.05) is 12.0 Å². The highest BCUT2D eigenvalue weighted by Crippen LogP contribution is 2.18. The molecule has 1 atom stereocenters. The van der Waals surface area contributed by atoms with Crippen molar-refractivity contribution < 1.29 is 23.5 Å². The van der Waals surface area contributed by atoms with Gasteiger partial charge in [0.1, 0.15) is 0 Å². The van der Waals surface area contributed by atoms with Crippen LogP contribution in [0.1, 0.15) is 12.0 Å². The van der Waals surface area contributed by atoms with Crippen LogP contribution in [0.3, 0.4) is 0 Å². The summed E-state index contributed by atoms with van der Waals surface area (Å²) in [4.78, 5) is 15.2. The number of benzene rings is 1. The molecule has 84 valence electrons. The molecule has 1 N–H and O–H groups in total. The highest BCUT2D eigenvalue weighted by molar-refractivity contribution is 6.03. The zero-order chi connectivity index (χ0) is 11.7. The van der Waals surface area contributed by atoms with E-state index in [1.54, 1.807) is 0 Å². The largest absolute Gasteiger partial charge is 0.478 e. The number of nitrogens with zero attached hydrogens (tertiary/aromatic N) is 1. The predicted molar refractivity (Wildman–Crippen MR) is 50.0 cm³/mol. The van der Waals surface area contributed by atoms with Gasteiger partial charge in [0.05, 0.1) is 5.71 Å². The minimum absolute atomic E-state index is 0.0421. The van der Waals surface area contributed by atoms with E-state index in [1.165, 1.54) is 6.07 Å². The number of hydrogen-bond donors (Lipinski definition) is 1. The van der Waals surface area contributed by atoms with E-state index in [0.717, 1.165) is 12.1 Å². The summed E-state index contributed by atoms with van der Waals surface area (Å²) in [5, 5.41) is 12.2. The first-order chi connectivity index (χ1) is 7.58. The summed E-state index contributed by atoms with van der Waals surface area (Å²) in [6.07, 6.45) is -1.01. The van der Waals surface area contributed by atoms with E-state index in [9.17, 15) is 13.6 Å². The highest BCUT2D eigenvalue weighted by Gasteiger charge is 2.28. The molecular weight excluding hydrogens is 220 g/mol. The van der Waals surface area contributed by atoms with Crippen molar-refractivity contribution in [2.75, 3.05) is 0 Å². The molecule has 0 amide bonds. The van der Waals surface area contributed by atoms with E-state index in [2.05, 4.69) is 9.99 Å². The molecule has 1 aromatic rings. The zero-order valence-electron chi connectivity index (χ0n) is 7.98. The van der Waals surface area contributed by atoms with Crippen molar-refractivity contribution in [2.45, 2.75) is 12.5 Å². The number of aliphatic carboxylic acids is 1. The SMILES string of the molecule is O=C(O)C1CC(c2ccc(F)c(F)c2)=NO1. The fourth-order valence-electron chi connectivity index (χ4n) is 1.36. The average molecular weight is 227 g/mol. The Morgan fingerprint density at radius 1 is 1.44 bits per heavy atom. The van der Waals surface area contributed by atoms with Gasteiger partial charge >= 0.3 is 5.97 Å². The number of rotatable bonds is 2. The third-order valence-electron chi connectivity index (χ3n) is 2.20. The lowest BCUT2D eigenvalue weighted by Crippen LogP contribution is -2.19. The van der Waals surface area contributed by atoms with Gasteiger partial charge in [0.2, 0.25) is 6.10 Å². The van der Waals surface area contributed by atoms with E-state index in [0.29, 0.717) is 11.3 Å². The zero-order valence-corrected chi connectivity index (χ0v) is 7.98. The molecule has 1 heterocycles. The summed E-state index contributed by atoms with van der Waals surface area (Å²) in [7, 11) is 0. The molecule has 0 bridgehead atoms. The van der Waals surface area contributed by atoms with Crippen LogP contribution in [-0.4, -0.2) is 22.9 Å². The molecule has 0 saturated heterocycles. The number of carboxylic acids is 1. The Morgan fingerprint density at radius 2 is 2.19 bits per heavy atom. The summed E-state index contributed by atoms with van der Waals surface area (Å²) < 4.78 is 25.6. The van der Waals surface area contributed by atoms with E-state index < -0.39 is 23.7 Å². The summed E-state index contributed by atoms with van der Waals surface area (Å²) in [6, 6.07) is 3.24. The molecule has 4 nitrogen and oxygen atoms in total. The van der Waals surface area contributed by atoms with Crippen LogP contribution < -0.4 is 0 Å². The Morgan fingerprint density at radius 3 is 2.75 bits per heavy atom. The van der Waals surface area contributed by atoms with Crippen LogP contribution in [-0.2, 0) is 9.63 Å². The number of oxime groups is 1. The summed E-state index contributed by atoms with van der Waals surface area (Å²) in [5.74, 6) is -3.10. The molecule has 1 aliphatic heterocycles. The van der Waals surface area contributed by atoms with Gasteiger partial charge in [-0.05, 0) is 18.2 Å². The number of carbonyl (C=O) groups is 1. The van der Waals surface area contributed by atoms with Crippen LogP contribution in [0.2, 0.25) is 0 Å². The first-order valence-corrected chi connectivity index (χ1v) is 4.49. The molecule has 1 aliphatic rings. The lowest BCUT2D eigenvalue weighted by atomic mass is 10.0. The van der Waals surface area contributed by atoms with Crippen LogP contribution in [0.15, 0.2) is 23.4 Å². The third kappa shape index (κ3) is 1.86. The van der Waals surface area contributed by atoms with Crippen LogP contribution >= 0.6 is 0 Å². The van der Waals surface area contributed by atoms with Crippen molar-refractivity contribution in [1.29, 1.82) is 0 Å². The monoisotopic (exact) mass is 227 g/mol. The maximum Gasteiger partial charge on any atom is 0.348 e. The van der Waals surface area contributed by atoms with Gasteiger partial charge in [-0.25, -0.2) is 13.6 Å². The Bertz CT molecular complexity index is 473. The number of hydrogen-bond acceptors (Lipinski definition) is 3. The topological polar surface area (TPSA) is 58.9 Å².